The Bertz CT molecular complexity index is 1260. The molecule has 0 unspecified atom stereocenters. The first-order valence-corrected chi connectivity index (χ1v) is 10.4. The maximum absolute atomic E-state index is 13.3. The van der Waals surface area contributed by atoms with E-state index in [4.69, 9.17) is 11.6 Å². The molecule has 0 atom stereocenters. The monoisotopic (exact) mass is 441 g/mol. The number of nitrogens with one attached hydrogen (secondary N) is 1. The third-order valence-electron chi connectivity index (χ3n) is 4.52. The van der Waals surface area contributed by atoms with Crippen LogP contribution in [0.3, 0.4) is 0 Å². The van der Waals surface area contributed by atoms with Crippen molar-refractivity contribution in [2.45, 2.75) is 17.8 Å². The fourth-order valence-electron chi connectivity index (χ4n) is 2.92. The molecule has 2 heterocycles. The second-order valence-electron chi connectivity index (χ2n) is 6.64. The average Bonchev–Trinajstić information content (AvgIpc) is 3.03. The van der Waals surface area contributed by atoms with Gasteiger partial charge in [-0.2, -0.15) is 0 Å². The van der Waals surface area contributed by atoms with Gasteiger partial charge in [0.15, 0.2) is 5.16 Å². The summed E-state index contributed by atoms with van der Waals surface area (Å²) in [5, 5.41) is 3.40. The van der Waals surface area contributed by atoms with Crippen molar-refractivity contribution >= 4 is 46.0 Å². The topological polar surface area (TPSA) is 72.7 Å². The van der Waals surface area contributed by atoms with Crippen LogP contribution in [0, 0.1) is 12.7 Å². The molecule has 2 aromatic heterocycles. The number of hydrogen-bond acceptors (Lipinski definition) is 5. The van der Waals surface area contributed by atoms with Crippen LogP contribution in [0.5, 0.6) is 0 Å². The average molecular weight is 442 g/mol. The Kier molecular flexibility index (Phi) is 5.69. The van der Waals surface area contributed by atoms with Crippen molar-refractivity contribution in [2.24, 2.45) is 7.05 Å². The summed E-state index contributed by atoms with van der Waals surface area (Å²) in [6, 6.07) is 11.2. The smallest absolute Gasteiger partial charge is 0.255 e. The fraction of sp³-hybridized carbons (Fsp3) is 0.143. The predicted octanol–water partition coefficient (Wildman–Crippen LogP) is 5.01. The molecule has 1 amide bonds. The number of halogens is 2. The molecule has 0 saturated carbocycles. The first-order valence-electron chi connectivity index (χ1n) is 9.05. The van der Waals surface area contributed by atoms with Gasteiger partial charge in [-0.05, 0) is 49.4 Å². The van der Waals surface area contributed by atoms with Gasteiger partial charge >= 0.3 is 0 Å². The molecule has 0 radical (unpaired) electrons. The number of fused-ring (bicyclic) bond motifs is 1. The molecule has 30 heavy (non-hydrogen) atoms. The normalized spacial score (nSPS) is 11.1. The van der Waals surface area contributed by atoms with Gasteiger partial charge in [0.05, 0.1) is 21.8 Å². The molecule has 0 spiro atoms. The molecule has 152 valence electrons. The first-order chi connectivity index (χ1) is 14.4. The lowest BCUT2D eigenvalue weighted by Crippen LogP contribution is -2.11. The summed E-state index contributed by atoms with van der Waals surface area (Å²) in [5.41, 5.74) is 3.48. The van der Waals surface area contributed by atoms with Crippen molar-refractivity contribution in [3.63, 3.8) is 0 Å². The second-order valence-corrected chi connectivity index (χ2v) is 7.99. The molecule has 0 fully saturated rings. The van der Waals surface area contributed by atoms with Gasteiger partial charge in [-0.3, -0.25) is 4.79 Å². The van der Waals surface area contributed by atoms with Crippen LogP contribution >= 0.6 is 23.4 Å². The molecule has 0 saturated heterocycles. The molecular weight excluding hydrogens is 425 g/mol. The molecule has 2 aromatic carbocycles. The minimum Gasteiger partial charge on any atom is -0.330 e. The molecule has 4 aromatic rings. The quantitative estimate of drug-likeness (QED) is 0.348. The number of aryl methyl sites for hydroxylation is 2. The number of benzene rings is 2. The number of carbonyl (C=O) groups excluding carboxylic acids is 1. The van der Waals surface area contributed by atoms with E-state index in [0.717, 1.165) is 22.6 Å². The van der Waals surface area contributed by atoms with E-state index in [0.29, 0.717) is 16.6 Å². The minimum absolute atomic E-state index is 0.0949. The third kappa shape index (κ3) is 4.29. The number of amides is 1. The maximum Gasteiger partial charge on any atom is 0.255 e. The summed E-state index contributed by atoms with van der Waals surface area (Å²) in [7, 11) is 1.95. The van der Waals surface area contributed by atoms with E-state index < -0.39 is 5.82 Å². The van der Waals surface area contributed by atoms with Crippen molar-refractivity contribution in [1.82, 2.24) is 19.5 Å². The SMILES string of the molecule is Cc1ccnc(SCc2nc3cc(NC(=O)c4ccc(F)c(Cl)c4)ccc3n2C)n1. The number of rotatable bonds is 5. The lowest BCUT2D eigenvalue weighted by atomic mass is 10.2. The summed E-state index contributed by atoms with van der Waals surface area (Å²) in [5.74, 6) is 0.544. The molecular formula is C21H17ClFN5OS. The zero-order valence-corrected chi connectivity index (χ0v) is 17.8. The van der Waals surface area contributed by atoms with Crippen LogP contribution in [0.2, 0.25) is 5.02 Å². The van der Waals surface area contributed by atoms with E-state index in [2.05, 4.69) is 20.3 Å². The van der Waals surface area contributed by atoms with Crippen molar-refractivity contribution < 1.29 is 9.18 Å². The van der Waals surface area contributed by atoms with E-state index in [-0.39, 0.29) is 16.5 Å². The number of aromatic nitrogens is 4. The molecule has 1 N–H and O–H groups in total. The van der Waals surface area contributed by atoms with E-state index in [9.17, 15) is 9.18 Å². The van der Waals surface area contributed by atoms with Crippen LogP contribution in [0.25, 0.3) is 11.0 Å². The Labute approximate surface area is 181 Å². The Balaban J connectivity index is 1.52. The minimum atomic E-state index is -0.565. The highest BCUT2D eigenvalue weighted by Crippen LogP contribution is 2.25. The van der Waals surface area contributed by atoms with Crippen LogP contribution in [-0.4, -0.2) is 25.4 Å². The van der Waals surface area contributed by atoms with E-state index in [1.54, 1.807) is 18.3 Å². The van der Waals surface area contributed by atoms with E-state index >= 15 is 0 Å². The first kappa shape index (κ1) is 20.3. The van der Waals surface area contributed by atoms with E-state index in [1.807, 2.05) is 30.7 Å². The van der Waals surface area contributed by atoms with Crippen molar-refractivity contribution in [3.05, 3.63) is 76.6 Å². The Hall–Kier alpha value is -2.97. The summed E-state index contributed by atoms with van der Waals surface area (Å²) in [6.45, 7) is 1.93. The highest BCUT2D eigenvalue weighted by atomic mass is 35.5. The van der Waals surface area contributed by atoms with Crippen LogP contribution in [-0.2, 0) is 12.8 Å². The number of hydrogen-bond donors (Lipinski definition) is 1. The summed E-state index contributed by atoms with van der Waals surface area (Å²) >= 11 is 7.28. The highest BCUT2D eigenvalue weighted by Gasteiger charge is 2.13. The van der Waals surface area contributed by atoms with Crippen LogP contribution in [0.1, 0.15) is 21.9 Å². The highest BCUT2D eigenvalue weighted by molar-refractivity contribution is 7.98. The van der Waals surface area contributed by atoms with Crippen LogP contribution < -0.4 is 5.32 Å². The molecule has 0 aliphatic heterocycles. The van der Waals surface area contributed by atoms with Gasteiger partial charge in [-0.25, -0.2) is 19.3 Å². The van der Waals surface area contributed by atoms with Gasteiger partial charge in [0, 0.05) is 30.2 Å². The Morgan fingerprint density at radius 1 is 1.20 bits per heavy atom. The van der Waals surface area contributed by atoms with Gasteiger partial charge in [-0.15, -0.1) is 0 Å². The van der Waals surface area contributed by atoms with Crippen molar-refractivity contribution in [3.8, 4) is 0 Å². The lowest BCUT2D eigenvalue weighted by Gasteiger charge is -2.06. The second kappa shape index (κ2) is 8.41. The predicted molar refractivity (Wildman–Crippen MR) is 116 cm³/mol. The van der Waals surface area contributed by atoms with E-state index in [1.165, 1.54) is 30.0 Å². The number of imidazole rings is 1. The fourth-order valence-corrected chi connectivity index (χ4v) is 3.96. The maximum atomic E-state index is 13.3. The molecule has 0 aliphatic rings. The van der Waals surface area contributed by atoms with Gasteiger partial charge in [0.2, 0.25) is 0 Å². The van der Waals surface area contributed by atoms with Gasteiger partial charge in [-0.1, -0.05) is 23.4 Å². The van der Waals surface area contributed by atoms with Crippen LogP contribution in [0.4, 0.5) is 10.1 Å². The molecule has 0 aliphatic carbocycles. The number of nitrogens with zero attached hydrogens (tertiary/aromatic N) is 4. The lowest BCUT2D eigenvalue weighted by molar-refractivity contribution is 0.102. The van der Waals surface area contributed by atoms with Crippen molar-refractivity contribution in [2.75, 3.05) is 5.32 Å². The molecule has 0 bridgehead atoms. The Morgan fingerprint density at radius 3 is 2.80 bits per heavy atom. The Morgan fingerprint density at radius 2 is 2.03 bits per heavy atom. The molecule has 6 nitrogen and oxygen atoms in total. The molecule has 9 heteroatoms. The summed E-state index contributed by atoms with van der Waals surface area (Å²) < 4.78 is 15.3. The number of anilines is 1. The largest absolute Gasteiger partial charge is 0.330 e. The van der Waals surface area contributed by atoms with Gasteiger partial charge < -0.3 is 9.88 Å². The summed E-state index contributed by atoms with van der Waals surface area (Å²) in [6.07, 6.45) is 1.74. The zero-order valence-electron chi connectivity index (χ0n) is 16.2. The number of thioether (sulfide) groups is 1. The third-order valence-corrected chi connectivity index (χ3v) is 5.66. The van der Waals surface area contributed by atoms with Gasteiger partial charge in [0.1, 0.15) is 11.6 Å². The standard InChI is InChI=1S/C21H17ClFN5OS/c1-12-7-8-24-21(25-12)30-11-19-27-17-10-14(4-6-18(17)28(19)2)26-20(29)13-3-5-16(23)15(22)9-13/h3-10H,11H2,1-2H3,(H,26,29). The van der Waals surface area contributed by atoms with Crippen LogP contribution in [0.15, 0.2) is 53.8 Å². The van der Waals surface area contributed by atoms with Gasteiger partial charge in [0.25, 0.3) is 5.91 Å². The summed E-state index contributed by atoms with van der Waals surface area (Å²) in [4.78, 5) is 25.8. The molecule has 4 rings (SSSR count). The zero-order chi connectivity index (χ0) is 21.3. The van der Waals surface area contributed by atoms with Crippen molar-refractivity contribution in [1.29, 1.82) is 0 Å². The number of carbonyl (C=O) groups is 1.